The maximum atomic E-state index is 11.5. The number of pyridine rings is 1. The maximum absolute atomic E-state index is 11.5. The molecule has 0 spiro atoms. The van der Waals surface area contributed by atoms with Gasteiger partial charge in [-0.3, -0.25) is 14.8 Å². The fourth-order valence-electron chi connectivity index (χ4n) is 2.85. The number of carboxylic acid groups (broad SMARTS) is 1. The van der Waals surface area contributed by atoms with Gasteiger partial charge in [-0.25, -0.2) is 0 Å². The van der Waals surface area contributed by atoms with Crippen LogP contribution in [0.15, 0.2) is 34.7 Å². The second kappa shape index (κ2) is 8.58. The van der Waals surface area contributed by atoms with E-state index in [-0.39, 0.29) is 0 Å². The zero-order chi connectivity index (χ0) is 16.7. The van der Waals surface area contributed by atoms with Gasteiger partial charge >= 0.3 is 5.97 Å². The van der Waals surface area contributed by atoms with Gasteiger partial charge in [0.05, 0.1) is 5.92 Å². The minimum Gasteiger partial charge on any atom is -0.481 e. The average Bonchev–Trinajstić information content (AvgIpc) is 2.61. The molecule has 2 rings (SSSR count). The first-order valence-electron chi connectivity index (χ1n) is 8.17. The quantitative estimate of drug-likeness (QED) is 0.845. The van der Waals surface area contributed by atoms with E-state index < -0.39 is 11.9 Å². The monoisotopic (exact) mass is 315 g/mol. The topological polar surface area (TPSA) is 88.6 Å². The van der Waals surface area contributed by atoms with Crippen LogP contribution in [-0.2, 0) is 17.6 Å². The van der Waals surface area contributed by atoms with E-state index in [1.54, 1.807) is 0 Å². The van der Waals surface area contributed by atoms with Crippen LogP contribution in [0, 0.1) is 5.92 Å². The van der Waals surface area contributed by atoms with Gasteiger partial charge in [0.2, 0.25) is 0 Å². The summed E-state index contributed by atoms with van der Waals surface area (Å²) in [5.74, 6) is -1.17. The second-order valence-electron chi connectivity index (χ2n) is 6.06. The molecule has 1 aliphatic rings. The van der Waals surface area contributed by atoms with Crippen LogP contribution in [0.4, 0.5) is 0 Å². The Morgan fingerprint density at radius 1 is 1.39 bits per heavy atom. The summed E-state index contributed by atoms with van der Waals surface area (Å²) in [5.41, 5.74) is 10.1. The molecule has 0 saturated heterocycles. The number of hydrogen-bond acceptors (Lipinski definition) is 4. The van der Waals surface area contributed by atoms with Gasteiger partial charge < -0.3 is 10.8 Å². The molecule has 5 heteroatoms. The molecule has 0 fully saturated rings. The molecule has 0 bridgehead atoms. The highest BCUT2D eigenvalue weighted by Crippen LogP contribution is 2.25. The number of rotatable bonds is 6. The van der Waals surface area contributed by atoms with Crippen molar-refractivity contribution in [1.29, 1.82) is 0 Å². The summed E-state index contributed by atoms with van der Waals surface area (Å²) < 4.78 is 0. The average molecular weight is 315 g/mol. The minimum atomic E-state index is -0.763. The Bertz CT molecular complexity index is 608. The van der Waals surface area contributed by atoms with E-state index in [1.807, 2.05) is 18.6 Å². The van der Waals surface area contributed by atoms with Crippen molar-refractivity contribution in [3.8, 4) is 0 Å². The van der Waals surface area contributed by atoms with Crippen LogP contribution in [0.1, 0.15) is 43.7 Å². The van der Waals surface area contributed by atoms with Crippen molar-refractivity contribution in [3.63, 3.8) is 0 Å². The van der Waals surface area contributed by atoms with Crippen LogP contribution in [0.2, 0.25) is 0 Å². The second-order valence-corrected chi connectivity index (χ2v) is 6.06. The number of aliphatic imine (C=N–C) groups is 1. The number of allylic oxidation sites excluding steroid dienone is 2. The number of aromatic nitrogens is 1. The molecule has 124 valence electrons. The highest BCUT2D eigenvalue weighted by atomic mass is 16.4. The van der Waals surface area contributed by atoms with E-state index in [4.69, 9.17) is 5.73 Å². The lowest BCUT2D eigenvalue weighted by Crippen LogP contribution is -2.16. The number of nitrogens with zero attached hydrogens (tertiary/aromatic N) is 2. The van der Waals surface area contributed by atoms with Gasteiger partial charge in [-0.15, -0.1) is 0 Å². The molecular formula is C18H25N3O2. The Kier molecular flexibility index (Phi) is 6.47. The van der Waals surface area contributed by atoms with Crippen molar-refractivity contribution in [2.45, 2.75) is 45.4 Å². The summed E-state index contributed by atoms with van der Waals surface area (Å²) in [6, 6.07) is 2.06. The fourth-order valence-corrected chi connectivity index (χ4v) is 2.85. The molecule has 1 atom stereocenters. The van der Waals surface area contributed by atoms with E-state index in [0.717, 1.165) is 31.4 Å². The first-order chi connectivity index (χ1) is 11.1. The number of aliphatic carboxylic acids is 1. The zero-order valence-corrected chi connectivity index (χ0v) is 13.7. The Morgan fingerprint density at radius 2 is 2.22 bits per heavy atom. The Morgan fingerprint density at radius 3 is 2.96 bits per heavy atom. The highest BCUT2D eigenvalue weighted by molar-refractivity contribution is 5.71. The van der Waals surface area contributed by atoms with E-state index in [0.29, 0.717) is 19.4 Å². The van der Waals surface area contributed by atoms with E-state index in [2.05, 4.69) is 23.0 Å². The number of carbonyl (C=O) groups is 1. The number of nitrogens with two attached hydrogens (primary N) is 1. The molecule has 0 aromatic carbocycles. The third kappa shape index (κ3) is 4.99. The lowest BCUT2D eigenvalue weighted by atomic mass is 9.94. The Hall–Kier alpha value is -2.01. The molecule has 1 aromatic heterocycles. The highest BCUT2D eigenvalue weighted by Gasteiger charge is 2.20. The lowest BCUT2D eigenvalue weighted by Gasteiger charge is -2.14. The van der Waals surface area contributed by atoms with Gasteiger partial charge in [-0.1, -0.05) is 5.57 Å². The van der Waals surface area contributed by atoms with Crippen molar-refractivity contribution >= 4 is 12.2 Å². The van der Waals surface area contributed by atoms with Crippen molar-refractivity contribution in [2.75, 3.05) is 6.54 Å². The van der Waals surface area contributed by atoms with E-state index >= 15 is 0 Å². The molecule has 2 heterocycles. The van der Waals surface area contributed by atoms with Gasteiger partial charge in [-0.2, -0.15) is 0 Å². The van der Waals surface area contributed by atoms with Crippen LogP contribution >= 0.6 is 0 Å². The number of aryl methyl sites for hydroxylation is 1. The molecule has 0 radical (unpaired) electrons. The van der Waals surface area contributed by atoms with Gasteiger partial charge in [0.25, 0.3) is 0 Å². The van der Waals surface area contributed by atoms with Crippen LogP contribution in [0.5, 0.6) is 0 Å². The van der Waals surface area contributed by atoms with Crippen LogP contribution < -0.4 is 5.73 Å². The fraction of sp³-hybridized carbons (Fsp3) is 0.500. The molecular weight excluding hydrogens is 290 g/mol. The summed E-state index contributed by atoms with van der Waals surface area (Å²) >= 11 is 0. The molecule has 23 heavy (non-hydrogen) atoms. The first-order valence-corrected chi connectivity index (χ1v) is 8.17. The number of fused-ring (bicyclic) bond motifs is 1. The first kappa shape index (κ1) is 17.3. The standard InChI is InChI=1S/C18H25N3O2/c1-13-4-5-14-6-9-20-12-16(14)7-10-21-17(13)11-15(18(22)23)3-2-8-19/h6,9-10,12,15H,2-5,7-8,11,19H2,1H3,(H,22,23)/b17-13+,21-10-. The summed E-state index contributed by atoms with van der Waals surface area (Å²) in [6.07, 6.45) is 9.97. The molecule has 0 aliphatic carbocycles. The molecule has 5 nitrogen and oxygen atoms in total. The van der Waals surface area contributed by atoms with E-state index in [1.165, 1.54) is 16.7 Å². The normalized spacial score (nSPS) is 20.8. The number of carboxylic acids is 1. The minimum absolute atomic E-state index is 0.412. The summed E-state index contributed by atoms with van der Waals surface area (Å²) in [7, 11) is 0. The molecule has 0 saturated carbocycles. The van der Waals surface area contributed by atoms with Crippen molar-refractivity contribution in [1.82, 2.24) is 4.98 Å². The van der Waals surface area contributed by atoms with Gasteiger partial charge in [-0.05, 0) is 56.3 Å². The predicted molar refractivity (Wildman–Crippen MR) is 91.5 cm³/mol. The molecule has 0 amide bonds. The predicted octanol–water partition coefficient (Wildman–Crippen LogP) is 2.74. The maximum Gasteiger partial charge on any atom is 0.306 e. The molecule has 3 N–H and O–H groups in total. The summed E-state index contributed by atoms with van der Waals surface area (Å²) in [5, 5.41) is 9.42. The molecule has 1 aliphatic heterocycles. The third-order valence-electron chi connectivity index (χ3n) is 4.37. The molecule has 1 unspecified atom stereocenters. The van der Waals surface area contributed by atoms with Crippen molar-refractivity contribution in [3.05, 3.63) is 40.9 Å². The smallest absolute Gasteiger partial charge is 0.306 e. The van der Waals surface area contributed by atoms with Crippen molar-refractivity contribution in [2.24, 2.45) is 16.6 Å². The van der Waals surface area contributed by atoms with E-state index in [9.17, 15) is 9.90 Å². The van der Waals surface area contributed by atoms with Crippen LogP contribution in [0.25, 0.3) is 0 Å². The Balaban J connectivity index is 2.16. The van der Waals surface area contributed by atoms with Crippen LogP contribution in [-0.4, -0.2) is 28.8 Å². The molecule has 1 aromatic rings. The van der Waals surface area contributed by atoms with Gasteiger partial charge in [0.15, 0.2) is 0 Å². The zero-order valence-electron chi connectivity index (χ0n) is 13.7. The number of hydrogen-bond donors (Lipinski definition) is 2. The lowest BCUT2D eigenvalue weighted by molar-refractivity contribution is -0.141. The summed E-state index contributed by atoms with van der Waals surface area (Å²) in [6.45, 7) is 2.58. The summed E-state index contributed by atoms with van der Waals surface area (Å²) in [4.78, 5) is 20.2. The largest absolute Gasteiger partial charge is 0.481 e. The van der Waals surface area contributed by atoms with Crippen molar-refractivity contribution < 1.29 is 9.90 Å². The van der Waals surface area contributed by atoms with Gasteiger partial charge in [0, 0.05) is 37.1 Å². The Labute approximate surface area is 137 Å². The SMILES string of the molecule is C/C1=C(CC(CCCN)C(=O)O)\N=C/Cc2cnccc2CC1. The third-order valence-corrected chi connectivity index (χ3v) is 4.37. The van der Waals surface area contributed by atoms with Crippen LogP contribution in [0.3, 0.4) is 0 Å². The van der Waals surface area contributed by atoms with Gasteiger partial charge in [0.1, 0.15) is 0 Å².